The summed E-state index contributed by atoms with van der Waals surface area (Å²) in [6, 6.07) is 5.99. The van der Waals surface area contributed by atoms with Gasteiger partial charge in [-0.3, -0.25) is 4.79 Å². The van der Waals surface area contributed by atoms with Gasteiger partial charge in [0.15, 0.2) is 0 Å². The fraction of sp³-hybridized carbons (Fsp3) is 0.462. The zero-order chi connectivity index (χ0) is 13.8. The normalized spacial score (nSPS) is 16.0. The molecule has 0 aliphatic heterocycles. The van der Waals surface area contributed by atoms with Crippen molar-refractivity contribution in [3.8, 4) is 0 Å². The van der Waals surface area contributed by atoms with Crippen LogP contribution in [0.15, 0.2) is 24.3 Å². The van der Waals surface area contributed by atoms with Crippen molar-refractivity contribution < 1.29 is 14.3 Å². The maximum atomic E-state index is 13.4. The first kappa shape index (κ1) is 14.6. The summed E-state index contributed by atoms with van der Waals surface area (Å²) in [6.45, 7) is 3.53. The Morgan fingerprint density at radius 3 is 2.67 bits per heavy atom. The molecule has 0 bridgehead atoms. The summed E-state index contributed by atoms with van der Waals surface area (Å²) in [5.41, 5.74) is 4.58. The number of aliphatic hydroxyl groups excluding tert-OH is 1. The van der Waals surface area contributed by atoms with Crippen molar-refractivity contribution >= 4 is 5.91 Å². The predicted octanol–water partition coefficient (Wildman–Crippen LogP) is 1.10. The van der Waals surface area contributed by atoms with E-state index in [0.717, 1.165) is 0 Å². The van der Waals surface area contributed by atoms with E-state index in [-0.39, 0.29) is 12.1 Å². The van der Waals surface area contributed by atoms with E-state index < -0.39 is 23.4 Å². The van der Waals surface area contributed by atoms with Crippen LogP contribution in [-0.2, 0) is 4.79 Å². The molecule has 0 saturated heterocycles. The Hall–Kier alpha value is -1.46. The molecule has 1 amide bonds. The van der Waals surface area contributed by atoms with Crippen LogP contribution in [0.1, 0.15) is 31.9 Å². The van der Waals surface area contributed by atoms with Gasteiger partial charge in [0.1, 0.15) is 5.82 Å². The molecule has 0 saturated carbocycles. The number of benzene rings is 1. The number of primary amides is 1. The van der Waals surface area contributed by atoms with E-state index in [2.05, 4.69) is 5.32 Å². The van der Waals surface area contributed by atoms with Crippen LogP contribution in [0.5, 0.6) is 0 Å². The summed E-state index contributed by atoms with van der Waals surface area (Å²) in [4.78, 5) is 11.3. The summed E-state index contributed by atoms with van der Waals surface area (Å²) in [5, 5.41) is 12.8. The SMILES string of the molecule is CCC(C)(NCC(O)c1ccccc1F)C(N)=O. The van der Waals surface area contributed by atoms with Crippen LogP contribution in [0.4, 0.5) is 4.39 Å². The van der Waals surface area contributed by atoms with Gasteiger partial charge in [0, 0.05) is 12.1 Å². The molecule has 2 atom stereocenters. The zero-order valence-electron chi connectivity index (χ0n) is 10.6. The fourth-order valence-corrected chi connectivity index (χ4v) is 1.56. The summed E-state index contributed by atoms with van der Waals surface area (Å²) >= 11 is 0. The monoisotopic (exact) mass is 254 g/mol. The number of rotatable bonds is 6. The first-order valence-electron chi connectivity index (χ1n) is 5.88. The maximum Gasteiger partial charge on any atom is 0.237 e. The van der Waals surface area contributed by atoms with Crippen molar-refractivity contribution in [3.63, 3.8) is 0 Å². The molecule has 0 aliphatic rings. The molecule has 0 radical (unpaired) electrons. The van der Waals surface area contributed by atoms with E-state index in [9.17, 15) is 14.3 Å². The lowest BCUT2D eigenvalue weighted by molar-refractivity contribution is -0.124. The van der Waals surface area contributed by atoms with Gasteiger partial charge in [-0.25, -0.2) is 4.39 Å². The number of carbonyl (C=O) groups is 1. The Morgan fingerprint density at radius 2 is 2.17 bits per heavy atom. The topological polar surface area (TPSA) is 75.3 Å². The molecule has 0 aromatic heterocycles. The van der Waals surface area contributed by atoms with Crippen LogP contribution >= 0.6 is 0 Å². The molecule has 0 fully saturated rings. The Labute approximate surface area is 106 Å². The van der Waals surface area contributed by atoms with Crippen molar-refractivity contribution in [2.45, 2.75) is 31.9 Å². The minimum Gasteiger partial charge on any atom is -0.387 e. The highest BCUT2D eigenvalue weighted by Crippen LogP contribution is 2.17. The molecule has 1 aromatic carbocycles. The van der Waals surface area contributed by atoms with Crippen molar-refractivity contribution in [2.24, 2.45) is 5.73 Å². The quantitative estimate of drug-likeness (QED) is 0.711. The van der Waals surface area contributed by atoms with Crippen molar-refractivity contribution in [2.75, 3.05) is 6.54 Å². The second kappa shape index (κ2) is 5.93. The second-order valence-electron chi connectivity index (χ2n) is 4.47. The molecule has 5 heteroatoms. The van der Waals surface area contributed by atoms with Crippen molar-refractivity contribution in [3.05, 3.63) is 35.6 Å². The number of nitrogens with one attached hydrogen (secondary N) is 1. The lowest BCUT2D eigenvalue weighted by atomic mass is 9.97. The van der Waals surface area contributed by atoms with E-state index in [4.69, 9.17) is 5.73 Å². The number of amides is 1. The average Bonchev–Trinajstić information content (AvgIpc) is 2.35. The van der Waals surface area contributed by atoms with Gasteiger partial charge >= 0.3 is 0 Å². The van der Waals surface area contributed by atoms with Gasteiger partial charge in [0.2, 0.25) is 5.91 Å². The molecule has 4 N–H and O–H groups in total. The number of nitrogens with two attached hydrogens (primary N) is 1. The Kier molecular flexibility index (Phi) is 4.81. The maximum absolute atomic E-state index is 13.4. The van der Waals surface area contributed by atoms with E-state index in [1.165, 1.54) is 12.1 Å². The van der Waals surface area contributed by atoms with Gasteiger partial charge in [-0.2, -0.15) is 0 Å². The highest BCUT2D eigenvalue weighted by atomic mass is 19.1. The fourth-order valence-electron chi connectivity index (χ4n) is 1.56. The second-order valence-corrected chi connectivity index (χ2v) is 4.47. The molecule has 1 aromatic rings. The van der Waals surface area contributed by atoms with E-state index in [1.54, 1.807) is 19.1 Å². The van der Waals surface area contributed by atoms with Gasteiger partial charge in [0.25, 0.3) is 0 Å². The predicted molar refractivity (Wildman–Crippen MR) is 67.3 cm³/mol. The highest BCUT2D eigenvalue weighted by molar-refractivity contribution is 5.84. The van der Waals surface area contributed by atoms with Crippen LogP contribution in [0, 0.1) is 5.82 Å². The third kappa shape index (κ3) is 3.27. The summed E-state index contributed by atoms with van der Waals surface area (Å²) in [6.07, 6.45) is -0.525. The Bertz CT molecular complexity index is 425. The van der Waals surface area contributed by atoms with Crippen LogP contribution in [0.3, 0.4) is 0 Å². The zero-order valence-corrected chi connectivity index (χ0v) is 10.6. The van der Waals surface area contributed by atoms with Crippen LogP contribution in [-0.4, -0.2) is 23.1 Å². The third-order valence-electron chi connectivity index (χ3n) is 3.20. The average molecular weight is 254 g/mol. The molecule has 0 aliphatic carbocycles. The standard InChI is InChI=1S/C13H19FN2O2/c1-3-13(2,12(15)18)16-8-11(17)9-6-4-5-7-10(9)14/h4-7,11,16-17H,3,8H2,1-2H3,(H2,15,18). The molecular weight excluding hydrogens is 235 g/mol. The molecular formula is C13H19FN2O2. The van der Waals surface area contributed by atoms with E-state index >= 15 is 0 Å². The third-order valence-corrected chi connectivity index (χ3v) is 3.20. The van der Waals surface area contributed by atoms with Crippen LogP contribution in [0.25, 0.3) is 0 Å². The van der Waals surface area contributed by atoms with E-state index in [1.807, 2.05) is 6.92 Å². The molecule has 4 nitrogen and oxygen atoms in total. The highest BCUT2D eigenvalue weighted by Gasteiger charge is 2.29. The van der Waals surface area contributed by atoms with Crippen molar-refractivity contribution in [1.82, 2.24) is 5.32 Å². The number of halogens is 1. The van der Waals surface area contributed by atoms with Gasteiger partial charge in [-0.05, 0) is 19.4 Å². The van der Waals surface area contributed by atoms with E-state index in [0.29, 0.717) is 6.42 Å². The molecule has 0 heterocycles. The van der Waals surface area contributed by atoms with Gasteiger partial charge in [-0.15, -0.1) is 0 Å². The van der Waals surface area contributed by atoms with Gasteiger partial charge < -0.3 is 16.2 Å². The largest absolute Gasteiger partial charge is 0.387 e. The minimum atomic E-state index is -1.02. The number of carbonyl (C=O) groups excluding carboxylic acids is 1. The summed E-state index contributed by atoms with van der Waals surface area (Å²) < 4.78 is 13.4. The Balaban J connectivity index is 2.69. The smallest absolute Gasteiger partial charge is 0.237 e. The van der Waals surface area contributed by atoms with Gasteiger partial charge in [0.05, 0.1) is 11.6 Å². The van der Waals surface area contributed by atoms with Gasteiger partial charge in [-0.1, -0.05) is 25.1 Å². The summed E-state index contributed by atoms with van der Waals surface area (Å²) in [7, 11) is 0. The van der Waals surface area contributed by atoms with Crippen LogP contribution < -0.4 is 11.1 Å². The molecule has 1 rings (SSSR count). The number of aliphatic hydroxyl groups is 1. The first-order valence-corrected chi connectivity index (χ1v) is 5.88. The number of hydrogen-bond acceptors (Lipinski definition) is 3. The first-order chi connectivity index (χ1) is 8.40. The number of hydrogen-bond donors (Lipinski definition) is 3. The lowest BCUT2D eigenvalue weighted by Gasteiger charge is -2.27. The molecule has 0 spiro atoms. The number of β-amino-alcohol motifs (C(OH)–C–C–N with tert-alkyl or cyclic N) is 1. The summed E-state index contributed by atoms with van der Waals surface area (Å²) in [5.74, 6) is -0.963. The van der Waals surface area contributed by atoms with Crippen LogP contribution in [0.2, 0.25) is 0 Å². The lowest BCUT2D eigenvalue weighted by Crippen LogP contribution is -2.53. The molecule has 18 heavy (non-hydrogen) atoms. The molecule has 2 unspecified atom stereocenters. The Morgan fingerprint density at radius 1 is 1.56 bits per heavy atom. The van der Waals surface area contributed by atoms with Crippen molar-refractivity contribution in [1.29, 1.82) is 0 Å². The minimum absolute atomic E-state index is 0.0637. The molecule has 100 valence electrons.